The first-order chi connectivity index (χ1) is 7.66. The molecule has 0 N–H and O–H groups in total. The van der Waals surface area contributed by atoms with Gasteiger partial charge in [-0.25, -0.2) is 0 Å². The summed E-state index contributed by atoms with van der Waals surface area (Å²) >= 11 is 5.36. The molecule has 0 saturated carbocycles. The molecule has 0 spiro atoms. The largest absolute Gasteiger partial charge is 0.456 e. The first kappa shape index (κ1) is 11.7. The Labute approximate surface area is 116 Å². The minimum absolute atomic E-state index is 0.0203. The van der Waals surface area contributed by atoms with Gasteiger partial charge in [0, 0.05) is 4.47 Å². The molecule has 2 aromatic carbocycles. The van der Waals surface area contributed by atoms with Gasteiger partial charge in [-0.2, -0.15) is 0 Å². The van der Waals surface area contributed by atoms with Crippen molar-refractivity contribution in [2.45, 2.75) is 0 Å². The van der Waals surface area contributed by atoms with Crippen molar-refractivity contribution < 1.29 is 9.84 Å². The first-order valence-corrected chi connectivity index (χ1v) is 6.43. The summed E-state index contributed by atoms with van der Waals surface area (Å²) in [4.78, 5) is 0. The summed E-state index contributed by atoms with van der Waals surface area (Å²) in [5.74, 6) is 1.28. The fraction of sp³-hybridized carbons (Fsp3) is 0. The lowest BCUT2D eigenvalue weighted by molar-refractivity contribution is 0.348. The van der Waals surface area contributed by atoms with Gasteiger partial charge in [0.05, 0.1) is 0 Å². The van der Waals surface area contributed by atoms with Crippen molar-refractivity contribution in [3.63, 3.8) is 0 Å². The summed E-state index contributed by atoms with van der Waals surface area (Å²) in [7, 11) is 0. The van der Waals surface area contributed by atoms with Gasteiger partial charge in [-0.1, -0.05) is 28.1 Å². The van der Waals surface area contributed by atoms with Crippen molar-refractivity contribution >= 4 is 38.5 Å². The van der Waals surface area contributed by atoms with E-state index in [1.807, 2.05) is 46.9 Å². The van der Waals surface area contributed by atoms with E-state index in [0.717, 1.165) is 4.47 Å². The molecule has 0 saturated heterocycles. The zero-order valence-electron chi connectivity index (χ0n) is 8.11. The zero-order valence-corrected chi connectivity index (χ0v) is 11.9. The first-order valence-electron chi connectivity index (χ1n) is 4.56. The molecule has 1 radical (unpaired) electrons. The number of rotatable bonds is 2. The highest BCUT2D eigenvalue weighted by Crippen LogP contribution is 2.33. The van der Waals surface area contributed by atoms with E-state index in [4.69, 9.17) is 4.74 Å². The Morgan fingerprint density at radius 1 is 1.12 bits per heavy atom. The standard InChI is InChI=1S/C12H7BrIO2/c13-8-3-1-4-9(7-8)16-11-6-2-5-10(15)12(11)14/h1-7H. The summed E-state index contributed by atoms with van der Waals surface area (Å²) in [5, 5.41) is 11.4. The van der Waals surface area contributed by atoms with E-state index in [-0.39, 0.29) is 5.75 Å². The number of hydrogen-bond donors (Lipinski definition) is 0. The van der Waals surface area contributed by atoms with Crippen molar-refractivity contribution in [3.8, 4) is 17.2 Å². The Balaban J connectivity index is 2.31. The van der Waals surface area contributed by atoms with Gasteiger partial charge < -0.3 is 4.74 Å². The molecule has 16 heavy (non-hydrogen) atoms. The molecule has 4 heteroatoms. The Kier molecular flexibility index (Phi) is 3.70. The topological polar surface area (TPSA) is 29.1 Å². The maximum absolute atomic E-state index is 11.4. The summed E-state index contributed by atoms with van der Waals surface area (Å²) in [5.41, 5.74) is 0. The third-order valence-corrected chi connectivity index (χ3v) is 3.51. The fourth-order valence-electron chi connectivity index (χ4n) is 1.23. The van der Waals surface area contributed by atoms with E-state index < -0.39 is 0 Å². The van der Waals surface area contributed by atoms with Crippen LogP contribution >= 0.6 is 38.5 Å². The van der Waals surface area contributed by atoms with E-state index >= 15 is 0 Å². The predicted octanol–water partition coefficient (Wildman–Crippen LogP) is 4.99. The van der Waals surface area contributed by atoms with Crippen molar-refractivity contribution in [1.82, 2.24) is 0 Å². The van der Waals surface area contributed by atoms with Gasteiger partial charge in [-0.3, -0.25) is 5.11 Å². The quantitative estimate of drug-likeness (QED) is 0.665. The smallest absolute Gasteiger partial charge is 0.195 e. The van der Waals surface area contributed by atoms with Crippen LogP contribution in [0.4, 0.5) is 0 Å². The van der Waals surface area contributed by atoms with Crippen LogP contribution in [0.5, 0.6) is 17.2 Å². The molecule has 0 atom stereocenters. The lowest BCUT2D eigenvalue weighted by Gasteiger charge is -2.07. The summed E-state index contributed by atoms with van der Waals surface area (Å²) in [6.45, 7) is 0. The molecule has 2 nitrogen and oxygen atoms in total. The Morgan fingerprint density at radius 3 is 2.62 bits per heavy atom. The highest BCUT2D eigenvalue weighted by Gasteiger charge is 2.07. The molecule has 0 aliphatic carbocycles. The average molecular weight is 390 g/mol. The fourth-order valence-corrected chi connectivity index (χ4v) is 2.07. The molecule has 0 bridgehead atoms. The second-order valence-corrected chi connectivity index (χ2v) is 5.12. The van der Waals surface area contributed by atoms with Crippen molar-refractivity contribution in [2.24, 2.45) is 0 Å². The zero-order chi connectivity index (χ0) is 11.5. The van der Waals surface area contributed by atoms with Crippen LogP contribution in [0.1, 0.15) is 0 Å². The summed E-state index contributed by atoms with van der Waals surface area (Å²) in [6, 6.07) is 12.5. The SMILES string of the molecule is [O]c1cccc(Oc2cccc(Br)c2)c1I. The van der Waals surface area contributed by atoms with E-state index in [1.54, 1.807) is 12.1 Å². The van der Waals surface area contributed by atoms with Crippen molar-refractivity contribution in [2.75, 3.05) is 0 Å². The summed E-state index contributed by atoms with van der Waals surface area (Å²) in [6.07, 6.45) is 0. The van der Waals surface area contributed by atoms with E-state index in [1.165, 1.54) is 6.07 Å². The molecule has 2 aromatic rings. The summed E-state index contributed by atoms with van der Waals surface area (Å²) < 4.78 is 7.17. The Bertz CT molecular complexity index is 514. The Hall–Kier alpha value is -0.750. The normalized spacial score (nSPS) is 10.1. The van der Waals surface area contributed by atoms with Gasteiger partial charge in [0.2, 0.25) is 0 Å². The third kappa shape index (κ3) is 2.68. The molecule has 81 valence electrons. The lowest BCUT2D eigenvalue weighted by Crippen LogP contribution is -1.87. The van der Waals surface area contributed by atoms with Gasteiger partial charge in [0.15, 0.2) is 5.75 Å². The van der Waals surface area contributed by atoms with Crippen molar-refractivity contribution in [3.05, 3.63) is 50.5 Å². The number of halogens is 2. The third-order valence-electron chi connectivity index (χ3n) is 1.95. The second-order valence-electron chi connectivity index (χ2n) is 3.13. The molecule has 0 aromatic heterocycles. The van der Waals surface area contributed by atoms with Gasteiger partial charge in [0.25, 0.3) is 0 Å². The average Bonchev–Trinajstić information content (AvgIpc) is 2.25. The minimum atomic E-state index is -0.0203. The second kappa shape index (κ2) is 5.05. The van der Waals surface area contributed by atoms with E-state index in [9.17, 15) is 5.11 Å². The van der Waals surface area contributed by atoms with Crippen LogP contribution in [0, 0.1) is 3.57 Å². The molecule has 0 fully saturated rings. The van der Waals surface area contributed by atoms with E-state index in [2.05, 4.69) is 15.9 Å². The maximum atomic E-state index is 11.4. The molecule has 0 unspecified atom stereocenters. The van der Waals surface area contributed by atoms with E-state index in [0.29, 0.717) is 15.1 Å². The van der Waals surface area contributed by atoms with Crippen LogP contribution < -0.4 is 4.74 Å². The number of benzene rings is 2. The van der Waals surface area contributed by atoms with Gasteiger partial charge in [-0.05, 0) is 52.9 Å². The highest BCUT2D eigenvalue weighted by molar-refractivity contribution is 14.1. The van der Waals surface area contributed by atoms with Crippen LogP contribution in [0.3, 0.4) is 0 Å². The van der Waals surface area contributed by atoms with Crippen molar-refractivity contribution in [1.29, 1.82) is 0 Å². The van der Waals surface area contributed by atoms with Crippen LogP contribution in [0.2, 0.25) is 0 Å². The molecule has 0 heterocycles. The van der Waals surface area contributed by atoms with Gasteiger partial charge in [0.1, 0.15) is 15.1 Å². The molecular weight excluding hydrogens is 383 g/mol. The molecular formula is C12H7BrIO2. The molecule has 0 aliphatic heterocycles. The van der Waals surface area contributed by atoms with Crippen LogP contribution in [0.25, 0.3) is 0 Å². The number of ether oxygens (including phenoxy) is 1. The Morgan fingerprint density at radius 2 is 1.88 bits per heavy atom. The predicted molar refractivity (Wildman–Crippen MR) is 73.5 cm³/mol. The number of hydrogen-bond acceptors (Lipinski definition) is 1. The molecule has 0 aliphatic rings. The van der Waals surface area contributed by atoms with Crippen LogP contribution in [-0.2, 0) is 5.11 Å². The van der Waals surface area contributed by atoms with Gasteiger partial charge in [-0.15, -0.1) is 0 Å². The lowest BCUT2D eigenvalue weighted by atomic mass is 10.3. The van der Waals surface area contributed by atoms with Crippen LogP contribution in [-0.4, -0.2) is 0 Å². The molecule has 0 amide bonds. The van der Waals surface area contributed by atoms with Crippen LogP contribution in [0.15, 0.2) is 46.9 Å². The monoisotopic (exact) mass is 389 g/mol. The molecule has 2 rings (SSSR count). The minimum Gasteiger partial charge on any atom is -0.456 e. The van der Waals surface area contributed by atoms with Gasteiger partial charge >= 0.3 is 0 Å². The highest BCUT2D eigenvalue weighted by atomic mass is 127. The maximum Gasteiger partial charge on any atom is 0.195 e.